The molecule has 0 aromatic carbocycles. The first-order valence-electron chi connectivity index (χ1n) is 5.86. The van der Waals surface area contributed by atoms with Gasteiger partial charge in [-0.05, 0) is 18.5 Å². The van der Waals surface area contributed by atoms with E-state index >= 15 is 0 Å². The molecule has 0 atom stereocenters. The van der Waals surface area contributed by atoms with E-state index in [-0.39, 0.29) is 5.91 Å². The summed E-state index contributed by atoms with van der Waals surface area (Å²) in [5, 5.41) is 7.07. The molecule has 0 aliphatic carbocycles. The van der Waals surface area contributed by atoms with Crippen molar-refractivity contribution in [2.45, 2.75) is 26.5 Å². The molecule has 1 aliphatic heterocycles. The first kappa shape index (κ1) is 12.2. The number of amides is 1. The summed E-state index contributed by atoms with van der Waals surface area (Å²) in [6.07, 6.45) is 0.728. The van der Waals surface area contributed by atoms with Gasteiger partial charge in [-0.25, -0.2) is 4.98 Å². The zero-order valence-electron chi connectivity index (χ0n) is 10.3. The molecule has 0 bridgehead atoms. The third-order valence-corrected chi connectivity index (χ3v) is 3.61. The van der Waals surface area contributed by atoms with Gasteiger partial charge in [-0.2, -0.15) is 4.37 Å². The van der Waals surface area contributed by atoms with Gasteiger partial charge in [0, 0.05) is 12.0 Å². The number of rotatable bonds is 3. The van der Waals surface area contributed by atoms with Crippen molar-refractivity contribution in [1.29, 1.82) is 0 Å². The minimum absolute atomic E-state index is 0.251. The Hall–Kier alpha value is -1.80. The van der Waals surface area contributed by atoms with Crippen LogP contribution >= 0.6 is 11.5 Å². The van der Waals surface area contributed by atoms with Crippen LogP contribution in [0, 0.1) is 6.92 Å². The molecule has 3 rings (SSSR count). The molecule has 19 heavy (non-hydrogen) atoms. The van der Waals surface area contributed by atoms with Crippen molar-refractivity contribution >= 4 is 17.4 Å². The number of carbonyl (C=O) groups is 1. The van der Waals surface area contributed by atoms with E-state index in [2.05, 4.69) is 19.8 Å². The highest BCUT2D eigenvalue weighted by atomic mass is 32.1. The lowest BCUT2D eigenvalue weighted by molar-refractivity contribution is 0.0946. The van der Waals surface area contributed by atoms with Gasteiger partial charge in [-0.1, -0.05) is 5.16 Å². The van der Waals surface area contributed by atoms with Gasteiger partial charge in [0.15, 0.2) is 0 Å². The number of aryl methyl sites for hydroxylation is 1. The Morgan fingerprint density at radius 1 is 1.53 bits per heavy atom. The van der Waals surface area contributed by atoms with E-state index in [9.17, 15) is 4.79 Å². The molecule has 1 amide bonds. The van der Waals surface area contributed by atoms with Crippen molar-refractivity contribution in [2.24, 2.45) is 0 Å². The Bertz CT molecular complexity index is 607. The maximum absolute atomic E-state index is 11.8. The molecule has 1 N–H and O–H groups in total. The van der Waals surface area contributed by atoms with Crippen molar-refractivity contribution in [3.05, 3.63) is 27.8 Å². The van der Waals surface area contributed by atoms with Gasteiger partial charge < -0.3 is 14.6 Å². The maximum atomic E-state index is 11.8. The van der Waals surface area contributed by atoms with E-state index in [0.717, 1.165) is 29.3 Å². The predicted molar refractivity (Wildman–Crippen MR) is 65.7 cm³/mol. The molecule has 2 aromatic heterocycles. The monoisotopic (exact) mass is 280 g/mol. The number of nitrogens with zero attached hydrogens (tertiary/aromatic N) is 3. The Balaban J connectivity index is 1.66. The van der Waals surface area contributed by atoms with Crippen LogP contribution in [0.25, 0.3) is 0 Å². The lowest BCUT2D eigenvalue weighted by Crippen LogP contribution is -2.24. The average Bonchev–Trinajstić information content (AvgIpc) is 3.02. The summed E-state index contributed by atoms with van der Waals surface area (Å²) in [5.41, 5.74) is 1.66. The van der Waals surface area contributed by atoms with Crippen LogP contribution in [0.5, 0.6) is 0 Å². The summed E-state index contributed by atoms with van der Waals surface area (Å²) in [6.45, 7) is 3.19. The molecule has 8 heteroatoms. The van der Waals surface area contributed by atoms with Gasteiger partial charge in [-0.15, -0.1) is 0 Å². The molecule has 3 heterocycles. The highest BCUT2D eigenvalue weighted by Gasteiger charge is 2.20. The van der Waals surface area contributed by atoms with Crippen LogP contribution in [0.1, 0.15) is 32.6 Å². The van der Waals surface area contributed by atoms with Crippen LogP contribution in [0.15, 0.2) is 4.52 Å². The summed E-state index contributed by atoms with van der Waals surface area (Å²) in [6, 6.07) is 0. The fourth-order valence-electron chi connectivity index (χ4n) is 1.85. The summed E-state index contributed by atoms with van der Waals surface area (Å²) >= 11 is 1.08. The number of fused-ring (bicyclic) bond motifs is 1. The molecule has 0 saturated heterocycles. The average molecular weight is 280 g/mol. The number of ether oxygens (including phenoxy) is 1. The minimum Gasteiger partial charge on any atom is -0.376 e. The van der Waals surface area contributed by atoms with Gasteiger partial charge >= 0.3 is 0 Å². The maximum Gasteiger partial charge on any atom is 0.282 e. The highest BCUT2D eigenvalue weighted by molar-refractivity contribution is 7.07. The summed E-state index contributed by atoms with van der Waals surface area (Å²) in [5.74, 6) is 1.20. The number of hydrogen-bond acceptors (Lipinski definition) is 7. The number of carbonyl (C=O) groups excluding carboxylic acids is 1. The Kier molecular flexibility index (Phi) is 3.26. The molecule has 0 fully saturated rings. The second-order valence-electron chi connectivity index (χ2n) is 4.16. The number of nitrogens with one attached hydrogen (secondary N) is 1. The van der Waals surface area contributed by atoms with Gasteiger partial charge in [0.1, 0.15) is 17.3 Å². The lowest BCUT2D eigenvalue weighted by atomic mass is 10.1. The Morgan fingerprint density at radius 3 is 3.21 bits per heavy atom. The molecular formula is C11H12N4O3S. The first-order chi connectivity index (χ1) is 9.24. The van der Waals surface area contributed by atoms with E-state index in [4.69, 9.17) is 9.26 Å². The summed E-state index contributed by atoms with van der Waals surface area (Å²) in [4.78, 5) is 15.9. The van der Waals surface area contributed by atoms with E-state index < -0.39 is 0 Å². The molecule has 7 nitrogen and oxygen atoms in total. The number of aromatic nitrogens is 3. The molecular weight excluding hydrogens is 268 g/mol. The number of hydrogen-bond donors (Lipinski definition) is 1. The molecule has 0 radical (unpaired) electrons. The SMILES string of the molecule is Cc1nsc(C(=O)NCc2noc3c2COCC3)n1. The lowest BCUT2D eigenvalue weighted by Gasteiger charge is -2.10. The molecule has 0 unspecified atom stereocenters. The van der Waals surface area contributed by atoms with Crippen molar-refractivity contribution in [3.63, 3.8) is 0 Å². The third kappa shape index (κ3) is 2.49. The Morgan fingerprint density at radius 2 is 2.42 bits per heavy atom. The quantitative estimate of drug-likeness (QED) is 0.896. The smallest absolute Gasteiger partial charge is 0.282 e. The fraction of sp³-hybridized carbons (Fsp3) is 0.455. The van der Waals surface area contributed by atoms with Crippen LogP contribution in [0.3, 0.4) is 0 Å². The normalized spacial score (nSPS) is 14.2. The minimum atomic E-state index is -0.251. The van der Waals surface area contributed by atoms with Gasteiger partial charge in [-0.3, -0.25) is 4.79 Å². The standard InChI is InChI=1S/C11H12N4O3S/c1-6-13-11(19-15-6)10(16)12-4-8-7-5-17-3-2-9(7)18-14-8/h2-5H2,1H3,(H,12,16). The van der Waals surface area contributed by atoms with Gasteiger partial charge in [0.05, 0.1) is 19.8 Å². The Labute approximate surface area is 113 Å². The molecule has 1 aliphatic rings. The highest BCUT2D eigenvalue weighted by Crippen LogP contribution is 2.20. The second-order valence-corrected chi connectivity index (χ2v) is 4.91. The van der Waals surface area contributed by atoms with Crippen molar-refractivity contribution in [1.82, 2.24) is 19.8 Å². The molecule has 0 spiro atoms. The zero-order chi connectivity index (χ0) is 13.2. The van der Waals surface area contributed by atoms with E-state index in [1.54, 1.807) is 6.92 Å². The van der Waals surface area contributed by atoms with Crippen molar-refractivity contribution in [3.8, 4) is 0 Å². The molecule has 2 aromatic rings. The summed E-state index contributed by atoms with van der Waals surface area (Å²) < 4.78 is 14.5. The van der Waals surface area contributed by atoms with Crippen molar-refractivity contribution < 1.29 is 14.1 Å². The summed E-state index contributed by atoms with van der Waals surface area (Å²) in [7, 11) is 0. The zero-order valence-corrected chi connectivity index (χ0v) is 11.1. The van der Waals surface area contributed by atoms with Crippen LogP contribution in [-0.4, -0.2) is 27.0 Å². The molecule has 0 saturated carbocycles. The molecule has 100 valence electrons. The topological polar surface area (TPSA) is 90.1 Å². The fourth-order valence-corrected chi connectivity index (χ4v) is 2.44. The van der Waals surface area contributed by atoms with Gasteiger partial charge in [0.25, 0.3) is 5.91 Å². The first-order valence-corrected chi connectivity index (χ1v) is 6.64. The van der Waals surface area contributed by atoms with Crippen molar-refractivity contribution in [2.75, 3.05) is 6.61 Å². The van der Waals surface area contributed by atoms with Gasteiger partial charge in [0.2, 0.25) is 5.01 Å². The van der Waals surface area contributed by atoms with Crippen LogP contribution in [-0.2, 0) is 24.3 Å². The van der Waals surface area contributed by atoms with E-state index in [1.807, 2.05) is 0 Å². The largest absolute Gasteiger partial charge is 0.376 e. The predicted octanol–water partition coefficient (Wildman–Crippen LogP) is 0.837. The van der Waals surface area contributed by atoms with Crippen LogP contribution < -0.4 is 5.32 Å². The third-order valence-electron chi connectivity index (χ3n) is 2.81. The van der Waals surface area contributed by atoms with Crippen LogP contribution in [0.4, 0.5) is 0 Å². The van der Waals surface area contributed by atoms with Crippen LogP contribution in [0.2, 0.25) is 0 Å². The van der Waals surface area contributed by atoms with E-state index in [1.165, 1.54) is 0 Å². The second kappa shape index (κ2) is 5.06. The van der Waals surface area contributed by atoms with E-state index in [0.29, 0.717) is 36.3 Å².